The van der Waals surface area contributed by atoms with Crippen LogP contribution in [-0.4, -0.2) is 22.1 Å². The second-order valence-corrected chi connectivity index (χ2v) is 8.04. The average molecular weight is 330 g/mol. The molecule has 23 heavy (non-hydrogen) atoms. The standard InChI is InChI=1S/C20H27NOS/c1-6-20(13-14-23-7-2)15-17(16-11-9-8-10-12-16)21(18(20)22)19(3,4)5/h8-15H,6-7H2,1-5H3/b14-13-. The predicted molar refractivity (Wildman–Crippen MR) is 101 cm³/mol. The molecule has 0 saturated carbocycles. The summed E-state index contributed by atoms with van der Waals surface area (Å²) in [7, 11) is 0. The van der Waals surface area contributed by atoms with Crippen LogP contribution >= 0.6 is 11.8 Å². The Kier molecular flexibility index (Phi) is 5.41. The van der Waals surface area contributed by atoms with E-state index >= 15 is 0 Å². The third-order valence-electron chi connectivity index (χ3n) is 4.19. The predicted octanol–water partition coefficient (Wildman–Crippen LogP) is 5.33. The lowest BCUT2D eigenvalue weighted by molar-refractivity contribution is -0.135. The number of thioether (sulfide) groups is 1. The molecule has 1 aliphatic rings. The van der Waals surface area contributed by atoms with Gasteiger partial charge in [-0.2, -0.15) is 0 Å². The molecule has 0 aliphatic carbocycles. The minimum absolute atomic E-state index is 0.180. The number of carbonyl (C=O) groups is 1. The SMILES string of the molecule is CCS/C=C\C1(CC)C=C(c2ccccc2)N(C(C)(C)C)C1=O. The monoisotopic (exact) mass is 329 g/mol. The van der Waals surface area contributed by atoms with Crippen molar-refractivity contribution in [2.75, 3.05) is 5.75 Å². The summed E-state index contributed by atoms with van der Waals surface area (Å²) in [6.45, 7) is 10.5. The molecule has 3 heteroatoms. The van der Waals surface area contributed by atoms with Gasteiger partial charge >= 0.3 is 0 Å². The molecule has 1 aliphatic heterocycles. The van der Waals surface area contributed by atoms with Gasteiger partial charge in [-0.25, -0.2) is 0 Å². The third kappa shape index (κ3) is 3.55. The Morgan fingerprint density at radius 3 is 2.35 bits per heavy atom. The molecule has 1 aromatic rings. The van der Waals surface area contributed by atoms with Crippen LogP contribution in [0.5, 0.6) is 0 Å². The molecule has 1 atom stereocenters. The van der Waals surface area contributed by atoms with Crippen molar-refractivity contribution in [3.05, 3.63) is 53.5 Å². The van der Waals surface area contributed by atoms with E-state index in [0.717, 1.165) is 23.4 Å². The van der Waals surface area contributed by atoms with E-state index in [1.807, 2.05) is 23.1 Å². The molecule has 1 aromatic carbocycles. The topological polar surface area (TPSA) is 20.3 Å². The number of benzene rings is 1. The van der Waals surface area contributed by atoms with E-state index in [4.69, 9.17) is 0 Å². The molecule has 1 amide bonds. The summed E-state index contributed by atoms with van der Waals surface area (Å²) < 4.78 is 0. The lowest BCUT2D eigenvalue weighted by Crippen LogP contribution is -2.45. The van der Waals surface area contributed by atoms with Crippen LogP contribution in [0.4, 0.5) is 0 Å². The highest BCUT2D eigenvalue weighted by Gasteiger charge is 2.47. The van der Waals surface area contributed by atoms with Crippen LogP contribution in [0, 0.1) is 5.41 Å². The molecule has 2 nitrogen and oxygen atoms in total. The summed E-state index contributed by atoms with van der Waals surface area (Å²) >= 11 is 1.74. The first kappa shape index (κ1) is 17.9. The number of rotatable bonds is 5. The maximum atomic E-state index is 13.3. The van der Waals surface area contributed by atoms with Crippen molar-refractivity contribution < 1.29 is 4.79 Å². The van der Waals surface area contributed by atoms with Crippen molar-refractivity contribution in [1.82, 2.24) is 4.90 Å². The van der Waals surface area contributed by atoms with Gasteiger partial charge < -0.3 is 4.90 Å². The van der Waals surface area contributed by atoms with E-state index in [9.17, 15) is 4.79 Å². The molecule has 0 spiro atoms. The highest BCUT2D eigenvalue weighted by molar-refractivity contribution is 8.02. The lowest BCUT2D eigenvalue weighted by atomic mass is 9.85. The third-order valence-corrected chi connectivity index (χ3v) is 4.85. The van der Waals surface area contributed by atoms with Gasteiger partial charge in [0, 0.05) is 11.2 Å². The van der Waals surface area contributed by atoms with Crippen molar-refractivity contribution in [1.29, 1.82) is 0 Å². The molecular formula is C20H27NOS. The lowest BCUT2D eigenvalue weighted by Gasteiger charge is -2.36. The Morgan fingerprint density at radius 2 is 1.83 bits per heavy atom. The summed E-state index contributed by atoms with van der Waals surface area (Å²) in [4.78, 5) is 15.3. The van der Waals surface area contributed by atoms with Crippen LogP contribution in [0.1, 0.15) is 46.6 Å². The van der Waals surface area contributed by atoms with Gasteiger partial charge in [-0.1, -0.05) is 50.3 Å². The smallest absolute Gasteiger partial charge is 0.241 e. The Balaban J connectivity index is 2.54. The van der Waals surface area contributed by atoms with Crippen molar-refractivity contribution in [2.45, 2.75) is 46.6 Å². The zero-order valence-electron chi connectivity index (χ0n) is 14.8. The summed E-state index contributed by atoms with van der Waals surface area (Å²) in [5.41, 5.74) is 1.35. The van der Waals surface area contributed by atoms with Gasteiger partial charge in [0.2, 0.25) is 5.91 Å². The molecule has 1 unspecified atom stereocenters. The molecule has 0 N–H and O–H groups in total. The van der Waals surface area contributed by atoms with Gasteiger partial charge in [-0.15, -0.1) is 11.8 Å². The second kappa shape index (κ2) is 6.96. The zero-order valence-corrected chi connectivity index (χ0v) is 15.6. The highest BCUT2D eigenvalue weighted by atomic mass is 32.2. The summed E-state index contributed by atoms with van der Waals surface area (Å²) in [5, 5.41) is 2.08. The van der Waals surface area contributed by atoms with Gasteiger partial charge in [0.05, 0.1) is 5.41 Å². The number of hydrogen-bond acceptors (Lipinski definition) is 2. The first-order chi connectivity index (χ1) is 10.9. The molecule has 0 bridgehead atoms. The van der Waals surface area contributed by atoms with Crippen molar-refractivity contribution in [2.24, 2.45) is 5.41 Å². The number of nitrogens with zero attached hydrogens (tertiary/aromatic N) is 1. The molecule has 0 radical (unpaired) electrons. The fraction of sp³-hybridized carbons (Fsp3) is 0.450. The van der Waals surface area contributed by atoms with Gasteiger partial charge in [0.25, 0.3) is 0 Å². The minimum atomic E-state index is -0.527. The fourth-order valence-corrected chi connectivity index (χ4v) is 3.46. The molecular weight excluding hydrogens is 302 g/mol. The van der Waals surface area contributed by atoms with E-state index < -0.39 is 5.41 Å². The highest BCUT2D eigenvalue weighted by Crippen LogP contribution is 2.45. The van der Waals surface area contributed by atoms with Crippen LogP contribution in [0.2, 0.25) is 0 Å². The maximum absolute atomic E-state index is 13.3. The summed E-state index contributed by atoms with van der Waals surface area (Å²) in [6.07, 6.45) is 5.01. The van der Waals surface area contributed by atoms with Crippen LogP contribution in [0.15, 0.2) is 47.9 Å². The van der Waals surface area contributed by atoms with Crippen molar-refractivity contribution in [3.63, 3.8) is 0 Å². The largest absolute Gasteiger partial charge is 0.306 e. The minimum Gasteiger partial charge on any atom is -0.306 e. The first-order valence-electron chi connectivity index (χ1n) is 8.28. The van der Waals surface area contributed by atoms with E-state index in [1.165, 1.54) is 0 Å². The van der Waals surface area contributed by atoms with Crippen molar-refractivity contribution >= 4 is 23.4 Å². The quantitative estimate of drug-likeness (QED) is 0.727. The van der Waals surface area contributed by atoms with Gasteiger partial charge in [-0.05, 0) is 50.0 Å². The van der Waals surface area contributed by atoms with E-state index in [2.05, 4.69) is 64.3 Å². The number of amides is 1. The Labute approximate surface area is 144 Å². The van der Waals surface area contributed by atoms with Crippen molar-refractivity contribution in [3.8, 4) is 0 Å². The van der Waals surface area contributed by atoms with Crippen LogP contribution in [-0.2, 0) is 4.79 Å². The molecule has 1 heterocycles. The summed E-state index contributed by atoms with van der Waals surface area (Å²) in [5.74, 6) is 1.20. The Bertz CT molecular complexity index is 612. The van der Waals surface area contributed by atoms with E-state index in [-0.39, 0.29) is 11.4 Å². The summed E-state index contributed by atoms with van der Waals surface area (Å²) in [6, 6.07) is 10.2. The van der Waals surface area contributed by atoms with E-state index in [1.54, 1.807) is 11.8 Å². The van der Waals surface area contributed by atoms with Crippen LogP contribution in [0.25, 0.3) is 5.70 Å². The number of hydrogen-bond donors (Lipinski definition) is 0. The number of carbonyl (C=O) groups excluding carboxylic acids is 1. The fourth-order valence-electron chi connectivity index (χ4n) is 2.93. The molecule has 0 saturated heterocycles. The van der Waals surface area contributed by atoms with Gasteiger partial charge in [0.15, 0.2) is 0 Å². The normalized spacial score (nSPS) is 22.0. The van der Waals surface area contributed by atoms with Crippen LogP contribution in [0.3, 0.4) is 0 Å². The first-order valence-corrected chi connectivity index (χ1v) is 9.33. The van der Waals surface area contributed by atoms with Gasteiger partial charge in [-0.3, -0.25) is 4.79 Å². The Morgan fingerprint density at radius 1 is 1.17 bits per heavy atom. The molecule has 124 valence electrons. The zero-order chi connectivity index (χ0) is 17.1. The van der Waals surface area contributed by atoms with Gasteiger partial charge in [0.1, 0.15) is 0 Å². The maximum Gasteiger partial charge on any atom is 0.241 e. The molecule has 0 fully saturated rings. The Hall–Kier alpha value is -1.48. The second-order valence-electron chi connectivity index (χ2n) is 6.86. The van der Waals surface area contributed by atoms with E-state index in [0.29, 0.717) is 0 Å². The average Bonchev–Trinajstić information content (AvgIpc) is 2.82. The molecule has 0 aromatic heterocycles. The van der Waals surface area contributed by atoms with Crippen LogP contribution < -0.4 is 0 Å². The molecule has 2 rings (SSSR count).